The largest absolute Gasteiger partial charge is 0.374 e. The smallest absolute Gasteiger partial charge is 0.237 e. The summed E-state index contributed by atoms with van der Waals surface area (Å²) < 4.78 is 5.68. The number of hydrogen-bond donors (Lipinski definition) is 1. The van der Waals surface area contributed by atoms with Crippen LogP contribution in [0.1, 0.15) is 11.3 Å². The van der Waals surface area contributed by atoms with Gasteiger partial charge in [0.05, 0.1) is 25.7 Å². The second-order valence-corrected chi connectivity index (χ2v) is 5.98. The number of amides is 2. The molecule has 23 heavy (non-hydrogen) atoms. The highest BCUT2D eigenvalue weighted by Gasteiger charge is 2.24. The van der Waals surface area contributed by atoms with Gasteiger partial charge >= 0.3 is 0 Å². The van der Waals surface area contributed by atoms with E-state index < -0.39 is 5.91 Å². The summed E-state index contributed by atoms with van der Waals surface area (Å²) in [6.45, 7) is 4.39. The fourth-order valence-electron chi connectivity index (χ4n) is 2.56. The highest BCUT2D eigenvalue weighted by Crippen LogP contribution is 2.08. The number of morpholine rings is 1. The van der Waals surface area contributed by atoms with Gasteiger partial charge < -0.3 is 20.3 Å². The fourth-order valence-corrected chi connectivity index (χ4v) is 2.56. The third kappa shape index (κ3) is 5.61. The molecule has 0 aromatic carbocycles. The minimum Gasteiger partial charge on any atom is -0.374 e. The van der Waals surface area contributed by atoms with Crippen molar-refractivity contribution in [2.45, 2.75) is 19.4 Å². The lowest BCUT2D eigenvalue weighted by molar-refractivity contribution is -0.137. The molecule has 0 bridgehead atoms. The van der Waals surface area contributed by atoms with Gasteiger partial charge in [0.1, 0.15) is 0 Å². The average molecular weight is 320 g/mol. The van der Waals surface area contributed by atoms with Gasteiger partial charge in [0.15, 0.2) is 0 Å². The summed E-state index contributed by atoms with van der Waals surface area (Å²) in [5, 5.41) is 0. The van der Waals surface area contributed by atoms with Crippen LogP contribution in [0.3, 0.4) is 0 Å². The number of likely N-dealkylation sites (N-methyl/N-ethyl adjacent to an activating group) is 1. The van der Waals surface area contributed by atoms with Crippen molar-refractivity contribution in [3.05, 3.63) is 29.6 Å². The second-order valence-electron chi connectivity index (χ2n) is 5.98. The summed E-state index contributed by atoms with van der Waals surface area (Å²) >= 11 is 0. The minimum absolute atomic E-state index is 0.0955. The van der Waals surface area contributed by atoms with Crippen LogP contribution in [0.15, 0.2) is 18.3 Å². The number of aryl methyl sites for hydroxylation is 1. The maximum atomic E-state index is 12.5. The molecule has 1 aromatic rings. The van der Waals surface area contributed by atoms with Crippen molar-refractivity contribution < 1.29 is 14.3 Å². The number of primary amides is 1. The van der Waals surface area contributed by atoms with Crippen molar-refractivity contribution in [1.82, 2.24) is 14.8 Å². The van der Waals surface area contributed by atoms with Crippen LogP contribution >= 0.6 is 0 Å². The van der Waals surface area contributed by atoms with E-state index >= 15 is 0 Å². The number of carbonyl (C=O) groups is 2. The Hall–Kier alpha value is -1.99. The molecular weight excluding hydrogens is 296 g/mol. The Bertz CT molecular complexity index is 547. The zero-order chi connectivity index (χ0) is 16.8. The van der Waals surface area contributed by atoms with E-state index in [1.807, 2.05) is 26.1 Å². The number of aromatic nitrogens is 1. The highest BCUT2D eigenvalue weighted by molar-refractivity contribution is 5.85. The van der Waals surface area contributed by atoms with Crippen LogP contribution in [-0.4, -0.2) is 72.5 Å². The molecule has 0 saturated carbocycles. The minimum atomic E-state index is -0.524. The average Bonchev–Trinajstić information content (AvgIpc) is 2.48. The van der Waals surface area contributed by atoms with Crippen LogP contribution in [0.25, 0.3) is 0 Å². The first kappa shape index (κ1) is 17.4. The van der Waals surface area contributed by atoms with Crippen LogP contribution in [-0.2, 0) is 20.7 Å². The standard InChI is InChI=1S/C16H24N4O3/c1-12-3-4-13(8-18-12)7-16(22)20(11-15(17)21)10-14-9-19(2)5-6-23-14/h3-4,8,14H,5-7,9-11H2,1-2H3,(H2,17,21)/t14-/m1/s1. The van der Waals surface area contributed by atoms with Gasteiger partial charge in [0.2, 0.25) is 11.8 Å². The molecule has 1 aliphatic rings. The lowest BCUT2D eigenvalue weighted by Crippen LogP contribution is -2.49. The first-order valence-corrected chi connectivity index (χ1v) is 7.72. The van der Waals surface area contributed by atoms with E-state index in [2.05, 4.69) is 9.88 Å². The highest BCUT2D eigenvalue weighted by atomic mass is 16.5. The first-order chi connectivity index (χ1) is 10.9. The zero-order valence-corrected chi connectivity index (χ0v) is 13.7. The Balaban J connectivity index is 1.99. The monoisotopic (exact) mass is 320 g/mol. The summed E-state index contributed by atoms with van der Waals surface area (Å²) in [6, 6.07) is 3.73. The lowest BCUT2D eigenvalue weighted by atomic mass is 10.1. The molecule has 1 aromatic heterocycles. The Kier molecular flexibility index (Phi) is 6.06. The normalized spacial score (nSPS) is 18.6. The predicted octanol–water partition coefficient (Wildman–Crippen LogP) is -0.423. The van der Waals surface area contributed by atoms with E-state index in [1.54, 1.807) is 6.20 Å². The maximum absolute atomic E-state index is 12.5. The van der Waals surface area contributed by atoms with E-state index in [0.717, 1.165) is 24.3 Å². The molecule has 1 saturated heterocycles. The quantitative estimate of drug-likeness (QED) is 0.769. The van der Waals surface area contributed by atoms with E-state index in [1.165, 1.54) is 4.90 Å². The molecule has 2 N–H and O–H groups in total. The molecule has 7 nitrogen and oxygen atoms in total. The van der Waals surface area contributed by atoms with Crippen molar-refractivity contribution in [3.63, 3.8) is 0 Å². The number of ether oxygens (including phenoxy) is 1. The molecule has 0 spiro atoms. The Labute approximate surface area is 136 Å². The number of pyridine rings is 1. The topological polar surface area (TPSA) is 88.8 Å². The third-order valence-corrected chi connectivity index (χ3v) is 3.79. The summed E-state index contributed by atoms with van der Waals surface area (Å²) in [5.74, 6) is -0.671. The molecule has 1 atom stereocenters. The molecule has 2 amide bonds. The Morgan fingerprint density at radius 2 is 2.26 bits per heavy atom. The molecule has 0 aliphatic carbocycles. The molecule has 2 rings (SSSR count). The molecule has 1 aliphatic heterocycles. The first-order valence-electron chi connectivity index (χ1n) is 7.72. The van der Waals surface area contributed by atoms with Crippen molar-refractivity contribution >= 4 is 11.8 Å². The van der Waals surface area contributed by atoms with Crippen molar-refractivity contribution in [3.8, 4) is 0 Å². The van der Waals surface area contributed by atoms with E-state index in [4.69, 9.17) is 10.5 Å². The van der Waals surface area contributed by atoms with Crippen LogP contribution < -0.4 is 5.73 Å². The van der Waals surface area contributed by atoms with Gasteiger partial charge in [-0.3, -0.25) is 14.6 Å². The second kappa shape index (κ2) is 8.03. The molecule has 126 valence electrons. The summed E-state index contributed by atoms with van der Waals surface area (Å²) in [4.78, 5) is 31.6. The fraction of sp³-hybridized carbons (Fsp3) is 0.562. The summed E-state index contributed by atoms with van der Waals surface area (Å²) in [5.41, 5.74) is 6.99. The van der Waals surface area contributed by atoms with Crippen LogP contribution in [0, 0.1) is 6.92 Å². The molecule has 7 heteroatoms. The van der Waals surface area contributed by atoms with Crippen LogP contribution in [0.2, 0.25) is 0 Å². The molecular formula is C16H24N4O3. The zero-order valence-electron chi connectivity index (χ0n) is 13.7. The Morgan fingerprint density at radius 1 is 1.48 bits per heavy atom. The Morgan fingerprint density at radius 3 is 2.87 bits per heavy atom. The summed E-state index contributed by atoms with van der Waals surface area (Å²) in [7, 11) is 2.01. The van der Waals surface area contributed by atoms with Crippen molar-refractivity contribution in [2.24, 2.45) is 5.73 Å². The SMILES string of the molecule is Cc1ccc(CC(=O)N(CC(N)=O)C[C@H]2CN(C)CCO2)cn1. The lowest BCUT2D eigenvalue weighted by Gasteiger charge is -2.33. The van der Waals surface area contributed by atoms with Gasteiger partial charge in [-0.25, -0.2) is 0 Å². The van der Waals surface area contributed by atoms with Gasteiger partial charge in [-0.05, 0) is 25.6 Å². The number of carbonyl (C=O) groups excluding carboxylic acids is 2. The van der Waals surface area contributed by atoms with Crippen LogP contribution in [0.4, 0.5) is 0 Å². The van der Waals surface area contributed by atoms with E-state index in [0.29, 0.717) is 13.2 Å². The van der Waals surface area contributed by atoms with E-state index in [9.17, 15) is 9.59 Å². The molecule has 1 fully saturated rings. The number of rotatable bonds is 6. The van der Waals surface area contributed by atoms with Gasteiger partial charge in [-0.2, -0.15) is 0 Å². The molecule has 0 radical (unpaired) electrons. The molecule has 0 unspecified atom stereocenters. The number of nitrogens with two attached hydrogens (primary N) is 1. The maximum Gasteiger partial charge on any atom is 0.237 e. The molecule has 2 heterocycles. The van der Waals surface area contributed by atoms with E-state index in [-0.39, 0.29) is 25.0 Å². The van der Waals surface area contributed by atoms with Crippen molar-refractivity contribution in [2.75, 3.05) is 39.8 Å². The van der Waals surface area contributed by atoms with Crippen molar-refractivity contribution in [1.29, 1.82) is 0 Å². The predicted molar refractivity (Wildman–Crippen MR) is 85.7 cm³/mol. The third-order valence-electron chi connectivity index (χ3n) is 3.79. The van der Waals surface area contributed by atoms with Gasteiger partial charge in [-0.15, -0.1) is 0 Å². The number of nitrogens with zero attached hydrogens (tertiary/aromatic N) is 3. The number of hydrogen-bond acceptors (Lipinski definition) is 5. The van der Waals surface area contributed by atoms with Gasteiger partial charge in [0.25, 0.3) is 0 Å². The summed E-state index contributed by atoms with van der Waals surface area (Å²) in [6.07, 6.45) is 1.78. The van der Waals surface area contributed by atoms with Gasteiger partial charge in [0, 0.05) is 31.5 Å². The van der Waals surface area contributed by atoms with Crippen LogP contribution in [0.5, 0.6) is 0 Å². The van der Waals surface area contributed by atoms with Gasteiger partial charge in [-0.1, -0.05) is 6.07 Å².